The van der Waals surface area contributed by atoms with Gasteiger partial charge in [-0.05, 0) is 17.2 Å². The smallest absolute Gasteiger partial charge is 0.239 e. The van der Waals surface area contributed by atoms with Gasteiger partial charge in [0.05, 0.1) is 5.70 Å². The number of rotatable bonds is 4. The molecule has 1 amide bonds. The summed E-state index contributed by atoms with van der Waals surface area (Å²) in [5.74, 6) is -0.160. The highest BCUT2D eigenvalue weighted by Crippen LogP contribution is 2.43. The van der Waals surface area contributed by atoms with E-state index in [4.69, 9.17) is 0 Å². The minimum Gasteiger partial charge on any atom is -0.384 e. The molecule has 4 N–H and O–H groups in total. The number of allylic oxidation sites excluding steroid dienone is 2. The average molecular weight is 398 g/mol. The monoisotopic (exact) mass is 398 g/mol. The highest BCUT2D eigenvalue weighted by molar-refractivity contribution is 5.79. The molecule has 1 aliphatic carbocycles. The van der Waals surface area contributed by atoms with Crippen molar-refractivity contribution in [2.24, 2.45) is 0 Å². The number of nitrogens with zero attached hydrogens (tertiary/aromatic N) is 3. The first-order valence-corrected chi connectivity index (χ1v) is 9.51. The molecule has 8 nitrogen and oxygen atoms in total. The number of aliphatic hydroxyl groups excluding tert-OH is 1. The maximum atomic E-state index is 16.5. The number of piperazine rings is 1. The number of aromatic amines is 1. The largest absolute Gasteiger partial charge is 0.384 e. The second-order valence-electron chi connectivity index (χ2n) is 7.10. The highest BCUT2D eigenvalue weighted by atomic mass is 19.1. The van der Waals surface area contributed by atoms with Gasteiger partial charge in [0, 0.05) is 33.1 Å². The molecule has 2 aliphatic rings. The lowest BCUT2D eigenvalue weighted by molar-refractivity contribution is -0.119. The molecule has 4 rings (SSSR count). The molecule has 2 aromatic rings. The maximum absolute atomic E-state index is 16.5. The molecule has 152 valence electrons. The minimum absolute atomic E-state index is 0.0832. The quantitative estimate of drug-likeness (QED) is 0.609. The number of aromatic nitrogens is 3. The van der Waals surface area contributed by atoms with Crippen molar-refractivity contribution < 1.29 is 14.3 Å². The van der Waals surface area contributed by atoms with Crippen LogP contribution in [0, 0.1) is 0 Å². The number of benzene rings is 1. The van der Waals surface area contributed by atoms with Gasteiger partial charge >= 0.3 is 0 Å². The van der Waals surface area contributed by atoms with Crippen LogP contribution in [0.1, 0.15) is 18.3 Å². The van der Waals surface area contributed by atoms with Crippen LogP contribution in [0.15, 0.2) is 48.2 Å². The SMILES string of the molecule is CC(=O)NC1=CC=C(c2ccccc2)C(O)C1(F)c1nnc(N2CCNCC2)[nH]1. The fourth-order valence-corrected chi connectivity index (χ4v) is 3.65. The van der Waals surface area contributed by atoms with Crippen LogP contribution < -0.4 is 15.5 Å². The molecule has 1 aromatic heterocycles. The highest BCUT2D eigenvalue weighted by Gasteiger charge is 2.51. The molecular weight excluding hydrogens is 375 g/mol. The van der Waals surface area contributed by atoms with E-state index in [0.717, 1.165) is 13.1 Å². The fraction of sp³-hybridized carbons (Fsp3) is 0.350. The molecule has 0 spiro atoms. The Hall–Kier alpha value is -3.04. The zero-order valence-electron chi connectivity index (χ0n) is 16.0. The number of anilines is 1. The van der Waals surface area contributed by atoms with Gasteiger partial charge in [-0.15, -0.1) is 10.2 Å². The van der Waals surface area contributed by atoms with Gasteiger partial charge in [0.1, 0.15) is 6.10 Å². The summed E-state index contributed by atoms with van der Waals surface area (Å²) in [5.41, 5.74) is -1.49. The first-order chi connectivity index (χ1) is 14.0. The number of aliphatic hydroxyl groups is 1. The van der Waals surface area contributed by atoms with E-state index >= 15 is 4.39 Å². The van der Waals surface area contributed by atoms with E-state index in [1.165, 1.54) is 13.0 Å². The molecule has 2 unspecified atom stereocenters. The Kier molecular flexibility index (Phi) is 5.16. The molecule has 0 radical (unpaired) electrons. The van der Waals surface area contributed by atoms with E-state index in [-0.39, 0.29) is 11.5 Å². The number of hydrogen-bond donors (Lipinski definition) is 4. The first-order valence-electron chi connectivity index (χ1n) is 9.51. The molecule has 1 saturated heterocycles. The van der Waals surface area contributed by atoms with E-state index in [2.05, 4.69) is 25.8 Å². The molecule has 1 aromatic carbocycles. The van der Waals surface area contributed by atoms with Crippen molar-refractivity contribution in [2.75, 3.05) is 31.1 Å². The molecule has 29 heavy (non-hydrogen) atoms. The Balaban J connectivity index is 1.74. The number of nitrogens with one attached hydrogen (secondary N) is 3. The van der Waals surface area contributed by atoms with Crippen molar-refractivity contribution in [1.29, 1.82) is 0 Å². The lowest BCUT2D eigenvalue weighted by Gasteiger charge is -2.35. The summed E-state index contributed by atoms with van der Waals surface area (Å²) in [7, 11) is 0. The third kappa shape index (κ3) is 3.54. The van der Waals surface area contributed by atoms with Gasteiger partial charge in [-0.1, -0.05) is 36.4 Å². The number of halogens is 1. The lowest BCUT2D eigenvalue weighted by Crippen LogP contribution is -2.46. The van der Waals surface area contributed by atoms with Gasteiger partial charge in [-0.3, -0.25) is 4.79 Å². The van der Waals surface area contributed by atoms with Crippen LogP contribution in [-0.2, 0) is 10.5 Å². The maximum Gasteiger partial charge on any atom is 0.239 e. The van der Waals surface area contributed by atoms with Crippen LogP contribution >= 0.6 is 0 Å². The molecule has 1 fully saturated rings. The van der Waals surface area contributed by atoms with Gasteiger partial charge in [-0.2, -0.15) is 0 Å². The van der Waals surface area contributed by atoms with Crippen molar-refractivity contribution in [3.8, 4) is 0 Å². The summed E-state index contributed by atoms with van der Waals surface area (Å²) in [4.78, 5) is 16.5. The first kappa shape index (κ1) is 19.3. The van der Waals surface area contributed by atoms with Gasteiger partial charge in [0.25, 0.3) is 0 Å². The molecule has 2 atom stereocenters. The van der Waals surface area contributed by atoms with E-state index in [1.807, 2.05) is 23.1 Å². The van der Waals surface area contributed by atoms with Crippen LogP contribution in [0.5, 0.6) is 0 Å². The van der Waals surface area contributed by atoms with Crippen molar-refractivity contribution in [3.05, 3.63) is 59.6 Å². The van der Waals surface area contributed by atoms with Crippen molar-refractivity contribution in [3.63, 3.8) is 0 Å². The van der Waals surface area contributed by atoms with Gasteiger partial charge in [0.15, 0.2) is 5.82 Å². The summed E-state index contributed by atoms with van der Waals surface area (Å²) in [5, 5.41) is 24.9. The Morgan fingerprint density at radius 1 is 1.24 bits per heavy atom. The Morgan fingerprint density at radius 2 is 1.97 bits per heavy atom. The number of carbonyl (C=O) groups excluding carboxylic acids is 1. The van der Waals surface area contributed by atoms with E-state index < -0.39 is 17.7 Å². The van der Waals surface area contributed by atoms with Gasteiger partial charge in [0.2, 0.25) is 17.5 Å². The molecule has 9 heteroatoms. The van der Waals surface area contributed by atoms with Crippen LogP contribution in [-0.4, -0.2) is 58.5 Å². The zero-order chi connectivity index (χ0) is 20.4. The predicted molar refractivity (Wildman–Crippen MR) is 107 cm³/mol. The van der Waals surface area contributed by atoms with E-state index in [1.54, 1.807) is 18.2 Å². The van der Waals surface area contributed by atoms with Crippen molar-refractivity contribution in [1.82, 2.24) is 25.8 Å². The second-order valence-corrected chi connectivity index (χ2v) is 7.10. The second kappa shape index (κ2) is 7.76. The van der Waals surface area contributed by atoms with Crippen LogP contribution in [0.4, 0.5) is 10.3 Å². The zero-order valence-corrected chi connectivity index (χ0v) is 16.0. The molecule has 0 bridgehead atoms. The Morgan fingerprint density at radius 3 is 2.66 bits per heavy atom. The Bertz CT molecular complexity index is 951. The van der Waals surface area contributed by atoms with E-state index in [9.17, 15) is 9.90 Å². The molecular formula is C20H23FN6O2. The number of amides is 1. The molecule has 2 heterocycles. The average Bonchev–Trinajstić information content (AvgIpc) is 3.23. The van der Waals surface area contributed by atoms with Crippen LogP contribution in [0.2, 0.25) is 0 Å². The van der Waals surface area contributed by atoms with Crippen molar-refractivity contribution >= 4 is 17.4 Å². The van der Waals surface area contributed by atoms with E-state index in [0.29, 0.717) is 30.2 Å². The standard InChI is InChI=1S/C20H23FN6O2/c1-13(28)23-16-8-7-15(14-5-3-2-4-6-14)17(29)20(16,21)18-24-19(26-25-18)27-11-9-22-10-12-27/h2-8,17,22,29H,9-12H2,1H3,(H,23,28)(H,24,25,26). The van der Waals surface area contributed by atoms with Gasteiger partial charge < -0.3 is 25.6 Å². The topological polar surface area (TPSA) is 106 Å². The molecule has 0 saturated carbocycles. The fourth-order valence-electron chi connectivity index (χ4n) is 3.65. The number of carbonyl (C=O) groups is 1. The van der Waals surface area contributed by atoms with Gasteiger partial charge in [-0.25, -0.2) is 4.39 Å². The predicted octanol–water partition coefficient (Wildman–Crippen LogP) is 0.857. The summed E-state index contributed by atoms with van der Waals surface area (Å²) in [6.07, 6.45) is 1.49. The van der Waals surface area contributed by atoms with Crippen LogP contribution in [0.3, 0.4) is 0 Å². The number of alkyl halides is 1. The minimum atomic E-state index is -2.48. The number of hydrogen-bond acceptors (Lipinski definition) is 6. The number of H-pyrrole nitrogens is 1. The van der Waals surface area contributed by atoms with Crippen molar-refractivity contribution in [2.45, 2.75) is 18.7 Å². The third-order valence-electron chi connectivity index (χ3n) is 5.15. The molecule has 1 aliphatic heterocycles. The summed E-state index contributed by atoms with van der Waals surface area (Å²) in [6, 6.07) is 9.05. The summed E-state index contributed by atoms with van der Waals surface area (Å²) in [6.45, 7) is 4.28. The summed E-state index contributed by atoms with van der Waals surface area (Å²) >= 11 is 0. The summed E-state index contributed by atoms with van der Waals surface area (Å²) < 4.78 is 16.5. The third-order valence-corrected chi connectivity index (χ3v) is 5.15. The Labute approximate surface area is 167 Å². The normalized spacial score (nSPS) is 24.7. The lowest BCUT2D eigenvalue weighted by atomic mass is 9.81. The van der Waals surface area contributed by atoms with Crippen LogP contribution in [0.25, 0.3) is 5.57 Å².